The quantitative estimate of drug-likeness (QED) is 0.0820. The predicted octanol–water partition coefficient (Wildman–Crippen LogP) is 9.23. The summed E-state index contributed by atoms with van der Waals surface area (Å²) < 4.78 is 37.9. The number of alkyl halides is 1. The van der Waals surface area contributed by atoms with Crippen LogP contribution in [0, 0.1) is 17.8 Å². The summed E-state index contributed by atoms with van der Waals surface area (Å²) in [6, 6.07) is 0. The lowest BCUT2D eigenvalue weighted by Crippen LogP contribution is -2.41. The lowest BCUT2D eigenvalue weighted by molar-refractivity contribution is -0.206. The van der Waals surface area contributed by atoms with Crippen LogP contribution in [-0.2, 0) is 28.3 Å². The lowest BCUT2D eigenvalue weighted by atomic mass is 9.80. The van der Waals surface area contributed by atoms with E-state index in [0.29, 0.717) is 17.8 Å². The van der Waals surface area contributed by atoms with Crippen LogP contribution in [0.15, 0.2) is 12.2 Å². The fourth-order valence-corrected chi connectivity index (χ4v) is 8.62. The van der Waals surface area contributed by atoms with Gasteiger partial charge >= 0.3 is 7.12 Å². The maximum Gasteiger partial charge on any atom is 0.457 e. The van der Waals surface area contributed by atoms with E-state index in [1.807, 2.05) is 0 Å². The van der Waals surface area contributed by atoms with Gasteiger partial charge in [0.2, 0.25) is 0 Å². The zero-order valence-electron chi connectivity index (χ0n) is 28.3. The van der Waals surface area contributed by atoms with Crippen molar-refractivity contribution in [2.75, 3.05) is 13.2 Å². The highest BCUT2D eigenvalue weighted by Crippen LogP contribution is 2.45. The minimum absolute atomic E-state index is 0.0291. The summed E-state index contributed by atoms with van der Waals surface area (Å²) in [6.45, 7) is 10.1. The molecular formula is C36H62BClO6. The first-order chi connectivity index (χ1) is 21.2. The molecule has 0 spiro atoms. The van der Waals surface area contributed by atoms with Gasteiger partial charge in [-0.2, -0.15) is 0 Å². The summed E-state index contributed by atoms with van der Waals surface area (Å²) in [5, 5.41) is 0.124. The third kappa shape index (κ3) is 9.70. The van der Waals surface area contributed by atoms with Gasteiger partial charge in [-0.25, -0.2) is 0 Å². The number of unbranched alkanes of at least 4 members (excludes halogenated alkanes) is 1. The van der Waals surface area contributed by atoms with Gasteiger partial charge in [0, 0.05) is 18.6 Å². The molecule has 0 N–H and O–H groups in total. The summed E-state index contributed by atoms with van der Waals surface area (Å²) in [5.74, 6) is 1.47. The fraction of sp³-hybridized carbons (Fsp3) is 0.944. The van der Waals surface area contributed by atoms with E-state index >= 15 is 0 Å². The topological polar surface area (TPSA) is 55.4 Å². The molecule has 2 saturated carbocycles. The maximum absolute atomic E-state index is 7.15. The highest BCUT2D eigenvalue weighted by atomic mass is 35.5. The Morgan fingerprint density at radius 2 is 1.48 bits per heavy atom. The third-order valence-corrected chi connectivity index (χ3v) is 12.0. The van der Waals surface area contributed by atoms with Gasteiger partial charge in [-0.15, -0.1) is 11.6 Å². The molecule has 8 heteroatoms. The van der Waals surface area contributed by atoms with Crippen LogP contribution in [0.2, 0.25) is 6.32 Å². The van der Waals surface area contributed by atoms with Crippen molar-refractivity contribution in [3.8, 4) is 0 Å². The van der Waals surface area contributed by atoms with Gasteiger partial charge in [0.05, 0.1) is 23.4 Å². The van der Waals surface area contributed by atoms with Crippen LogP contribution in [0.5, 0.6) is 0 Å². The molecule has 0 aromatic rings. The van der Waals surface area contributed by atoms with Gasteiger partial charge in [-0.3, -0.25) is 0 Å². The molecule has 3 aliphatic heterocycles. The number of rotatable bonds is 14. The number of ether oxygens (including phenoxy) is 4. The van der Waals surface area contributed by atoms with Crippen molar-refractivity contribution in [3.05, 3.63) is 12.2 Å². The Balaban J connectivity index is 1.17. The first kappa shape index (κ1) is 35.2. The van der Waals surface area contributed by atoms with Crippen molar-refractivity contribution >= 4 is 18.7 Å². The Kier molecular flexibility index (Phi) is 13.4. The molecule has 0 amide bonds. The zero-order chi connectivity index (χ0) is 31.0. The van der Waals surface area contributed by atoms with Crippen molar-refractivity contribution in [2.24, 2.45) is 17.8 Å². The van der Waals surface area contributed by atoms with E-state index in [2.05, 4.69) is 39.8 Å². The molecule has 0 aromatic carbocycles. The molecule has 0 aromatic heterocycles. The van der Waals surface area contributed by atoms with E-state index in [9.17, 15) is 0 Å². The minimum atomic E-state index is -0.258. The average molecular weight is 637 g/mol. The van der Waals surface area contributed by atoms with Crippen LogP contribution in [0.4, 0.5) is 0 Å². The second-order valence-corrected chi connectivity index (χ2v) is 15.9. The molecule has 7 atom stereocenters. The van der Waals surface area contributed by atoms with Crippen molar-refractivity contribution in [2.45, 2.75) is 185 Å². The fourth-order valence-electron chi connectivity index (χ4n) is 8.16. The molecule has 252 valence electrons. The van der Waals surface area contributed by atoms with Crippen molar-refractivity contribution < 1.29 is 28.3 Å². The summed E-state index contributed by atoms with van der Waals surface area (Å²) >= 11 is 7.15. The van der Waals surface area contributed by atoms with Gasteiger partial charge in [0.15, 0.2) is 12.6 Å². The van der Waals surface area contributed by atoms with E-state index in [0.717, 1.165) is 83.7 Å². The molecular weight excluding hydrogens is 575 g/mol. The van der Waals surface area contributed by atoms with E-state index < -0.39 is 0 Å². The van der Waals surface area contributed by atoms with Crippen LogP contribution in [0.25, 0.3) is 0 Å². The highest BCUT2D eigenvalue weighted by molar-refractivity contribution is 6.45. The largest absolute Gasteiger partial charge is 0.457 e. The number of allylic oxidation sites excluding steroid dienone is 2. The summed E-state index contributed by atoms with van der Waals surface area (Å²) in [4.78, 5) is 0. The lowest BCUT2D eigenvalue weighted by Gasteiger charge is -2.36. The predicted molar refractivity (Wildman–Crippen MR) is 178 cm³/mol. The van der Waals surface area contributed by atoms with Crippen molar-refractivity contribution in [1.82, 2.24) is 0 Å². The molecule has 6 nitrogen and oxygen atoms in total. The van der Waals surface area contributed by atoms with E-state index in [1.165, 1.54) is 44.9 Å². The average Bonchev–Trinajstić information content (AvgIpc) is 3.42. The molecule has 5 fully saturated rings. The number of hydrogen-bond acceptors (Lipinski definition) is 6. The third-order valence-electron chi connectivity index (χ3n) is 11.5. The van der Waals surface area contributed by atoms with Crippen LogP contribution >= 0.6 is 11.6 Å². The Bertz CT molecular complexity index is 851. The standard InChI is InChI=1S/C36H62BClO6/c1-35(2)36(3,4)44-37(43-35)23-13-6-5-10-18-28-29(32(26-30(28)38)42-34-20-12-15-25-40-34)21-22-31(27-16-8-7-9-17-27)41-33-19-11-14-24-39-33/h5,10,27-34H,6-9,11-26H2,1-4H3/b10-5-/t28-,29-,30+,31-,32-,33?,34?/m1/s1. The summed E-state index contributed by atoms with van der Waals surface area (Å²) in [6.07, 6.45) is 25.4. The van der Waals surface area contributed by atoms with Gasteiger partial charge in [0.1, 0.15) is 0 Å². The first-order valence-electron chi connectivity index (χ1n) is 18.4. The molecule has 5 aliphatic rings. The second kappa shape index (κ2) is 16.8. The summed E-state index contributed by atoms with van der Waals surface area (Å²) in [5.41, 5.74) is -0.516. The number of hydrogen-bond donors (Lipinski definition) is 0. The van der Waals surface area contributed by atoms with Crippen LogP contribution in [0.1, 0.15) is 137 Å². The van der Waals surface area contributed by atoms with E-state index in [-0.39, 0.29) is 48.5 Å². The Hall–Kier alpha value is -0.145. The second-order valence-electron chi connectivity index (χ2n) is 15.3. The Morgan fingerprint density at radius 1 is 0.818 bits per heavy atom. The van der Waals surface area contributed by atoms with Gasteiger partial charge in [-0.05, 0) is 135 Å². The SMILES string of the molecule is CC1(C)OB(CCC/C=C\C[C@@H]2[C@@H](CC[C@@H](OC3CCCCO3)C3CCCCC3)[C@H](OC3CCCCO3)C[C@@H]2Cl)OC1(C)C. The van der Waals surface area contributed by atoms with Crippen LogP contribution < -0.4 is 0 Å². The molecule has 44 heavy (non-hydrogen) atoms. The molecule has 5 rings (SSSR count). The molecule has 0 radical (unpaired) electrons. The smallest absolute Gasteiger partial charge is 0.403 e. The van der Waals surface area contributed by atoms with E-state index in [1.54, 1.807) is 0 Å². The molecule has 3 heterocycles. The molecule has 3 saturated heterocycles. The van der Waals surface area contributed by atoms with Gasteiger partial charge in [0.25, 0.3) is 0 Å². The first-order valence-corrected chi connectivity index (χ1v) is 18.8. The molecule has 0 bridgehead atoms. The minimum Gasteiger partial charge on any atom is -0.403 e. The Morgan fingerprint density at radius 3 is 2.14 bits per heavy atom. The maximum atomic E-state index is 7.15. The van der Waals surface area contributed by atoms with Crippen molar-refractivity contribution in [1.29, 1.82) is 0 Å². The van der Waals surface area contributed by atoms with Gasteiger partial charge < -0.3 is 28.3 Å². The van der Waals surface area contributed by atoms with Crippen molar-refractivity contribution in [3.63, 3.8) is 0 Å². The van der Waals surface area contributed by atoms with Crippen LogP contribution in [-0.4, -0.2) is 61.7 Å². The number of halogens is 1. The monoisotopic (exact) mass is 636 g/mol. The normalized spacial score (nSPS) is 35.4. The summed E-state index contributed by atoms with van der Waals surface area (Å²) in [7, 11) is -0.113. The Labute approximate surface area is 274 Å². The zero-order valence-corrected chi connectivity index (χ0v) is 29.1. The van der Waals surface area contributed by atoms with E-state index in [4.69, 9.17) is 39.9 Å². The van der Waals surface area contributed by atoms with Crippen LogP contribution in [0.3, 0.4) is 0 Å². The molecule has 2 unspecified atom stereocenters. The van der Waals surface area contributed by atoms with Gasteiger partial charge in [-0.1, -0.05) is 37.8 Å². The highest BCUT2D eigenvalue weighted by Gasteiger charge is 2.50. The molecule has 2 aliphatic carbocycles.